The minimum Gasteiger partial charge on any atom is -0.371 e. The molecular formula is C5H10NO2. The van der Waals surface area contributed by atoms with Crippen LogP contribution in [0.5, 0.6) is 0 Å². The van der Waals surface area contributed by atoms with E-state index in [0.717, 1.165) is 0 Å². The number of hydroxylamine groups is 1. The summed E-state index contributed by atoms with van der Waals surface area (Å²) in [5.41, 5.74) is 2.42. The SMILES string of the molecule is [CH2]CCNOC(C)=O. The van der Waals surface area contributed by atoms with Crippen molar-refractivity contribution in [2.75, 3.05) is 6.54 Å². The Kier molecular flexibility index (Phi) is 4.26. The quantitative estimate of drug-likeness (QED) is 0.425. The molecule has 0 aliphatic heterocycles. The molecule has 1 radical (unpaired) electrons. The third kappa shape index (κ3) is 5.43. The average Bonchev–Trinajstić information content (AvgIpc) is 1.66. The van der Waals surface area contributed by atoms with Crippen molar-refractivity contribution >= 4 is 5.97 Å². The summed E-state index contributed by atoms with van der Waals surface area (Å²) < 4.78 is 0. The van der Waals surface area contributed by atoms with E-state index >= 15 is 0 Å². The predicted molar refractivity (Wildman–Crippen MR) is 29.7 cm³/mol. The van der Waals surface area contributed by atoms with Crippen LogP contribution in [0, 0.1) is 6.92 Å². The number of carbonyl (C=O) groups is 1. The molecule has 0 spiro atoms. The summed E-state index contributed by atoms with van der Waals surface area (Å²) in [6, 6.07) is 0. The van der Waals surface area contributed by atoms with Crippen LogP contribution in [0.4, 0.5) is 0 Å². The van der Waals surface area contributed by atoms with Crippen LogP contribution in [-0.2, 0) is 9.63 Å². The lowest BCUT2D eigenvalue weighted by Crippen LogP contribution is -2.18. The molecule has 47 valence electrons. The minimum absolute atomic E-state index is 0.321. The maximum Gasteiger partial charge on any atom is 0.321 e. The lowest BCUT2D eigenvalue weighted by atomic mass is 10.5. The monoisotopic (exact) mass is 116 g/mol. The summed E-state index contributed by atoms with van der Waals surface area (Å²) in [5, 5.41) is 0. The standard InChI is InChI=1S/C5H10NO2/c1-3-4-6-8-5(2)7/h6H,1,3-4H2,2H3. The van der Waals surface area contributed by atoms with E-state index in [0.29, 0.717) is 13.0 Å². The zero-order valence-electron chi connectivity index (χ0n) is 4.94. The van der Waals surface area contributed by atoms with Crippen LogP contribution in [0.1, 0.15) is 13.3 Å². The molecule has 0 saturated heterocycles. The number of hydrogen-bond acceptors (Lipinski definition) is 3. The summed E-state index contributed by atoms with van der Waals surface area (Å²) in [6.07, 6.45) is 0.716. The molecule has 0 fully saturated rings. The lowest BCUT2D eigenvalue weighted by molar-refractivity contribution is -0.148. The van der Waals surface area contributed by atoms with Crippen molar-refractivity contribution in [1.29, 1.82) is 0 Å². The van der Waals surface area contributed by atoms with Crippen molar-refractivity contribution in [3.8, 4) is 0 Å². The highest BCUT2D eigenvalue weighted by Gasteiger charge is 1.86. The van der Waals surface area contributed by atoms with Crippen LogP contribution in [-0.4, -0.2) is 12.5 Å². The molecule has 0 bridgehead atoms. The number of carbonyl (C=O) groups excluding carboxylic acids is 1. The van der Waals surface area contributed by atoms with Crippen molar-refractivity contribution in [2.24, 2.45) is 0 Å². The van der Waals surface area contributed by atoms with Gasteiger partial charge >= 0.3 is 5.97 Å². The summed E-state index contributed by atoms with van der Waals surface area (Å²) in [7, 11) is 0. The average molecular weight is 116 g/mol. The van der Waals surface area contributed by atoms with Crippen LogP contribution < -0.4 is 5.48 Å². The molecule has 0 aromatic heterocycles. The second-order valence-electron chi connectivity index (χ2n) is 1.34. The van der Waals surface area contributed by atoms with Gasteiger partial charge in [0.15, 0.2) is 0 Å². The van der Waals surface area contributed by atoms with Crippen LogP contribution in [0.2, 0.25) is 0 Å². The molecule has 8 heavy (non-hydrogen) atoms. The zero-order chi connectivity index (χ0) is 6.41. The van der Waals surface area contributed by atoms with Gasteiger partial charge in [0, 0.05) is 13.5 Å². The third-order valence-electron chi connectivity index (χ3n) is 0.495. The van der Waals surface area contributed by atoms with Gasteiger partial charge in [-0.25, -0.2) is 0 Å². The van der Waals surface area contributed by atoms with Gasteiger partial charge in [-0.2, -0.15) is 5.48 Å². The summed E-state index contributed by atoms with van der Waals surface area (Å²) in [6.45, 7) is 5.48. The Labute approximate surface area is 49.0 Å². The van der Waals surface area contributed by atoms with Gasteiger partial charge in [0.1, 0.15) is 0 Å². The molecule has 3 nitrogen and oxygen atoms in total. The summed E-state index contributed by atoms with van der Waals surface area (Å²) in [4.78, 5) is 14.4. The molecule has 0 rings (SSSR count). The Bertz CT molecular complexity index is 72.8. The Morgan fingerprint density at radius 3 is 2.88 bits per heavy atom. The van der Waals surface area contributed by atoms with Gasteiger partial charge < -0.3 is 4.84 Å². The molecule has 0 heterocycles. The van der Waals surface area contributed by atoms with Gasteiger partial charge in [-0.1, -0.05) is 6.92 Å². The van der Waals surface area contributed by atoms with E-state index in [4.69, 9.17) is 0 Å². The first-order chi connectivity index (χ1) is 3.77. The van der Waals surface area contributed by atoms with E-state index in [2.05, 4.69) is 17.2 Å². The van der Waals surface area contributed by atoms with Crippen LogP contribution in [0.25, 0.3) is 0 Å². The fourth-order valence-electron chi connectivity index (χ4n) is 0.225. The third-order valence-corrected chi connectivity index (χ3v) is 0.495. The first-order valence-electron chi connectivity index (χ1n) is 2.47. The molecule has 3 heteroatoms. The van der Waals surface area contributed by atoms with E-state index in [-0.39, 0.29) is 5.97 Å². The maximum atomic E-state index is 10.0. The van der Waals surface area contributed by atoms with Gasteiger partial charge in [0.2, 0.25) is 0 Å². The fraction of sp³-hybridized carbons (Fsp3) is 0.600. The van der Waals surface area contributed by atoms with Crippen molar-refractivity contribution in [2.45, 2.75) is 13.3 Å². The summed E-state index contributed by atoms with van der Waals surface area (Å²) >= 11 is 0. The highest BCUT2D eigenvalue weighted by Crippen LogP contribution is 1.70. The molecule has 0 unspecified atom stereocenters. The molecule has 0 saturated carbocycles. The predicted octanol–water partition coefficient (Wildman–Crippen LogP) is 0.278. The second-order valence-corrected chi connectivity index (χ2v) is 1.34. The van der Waals surface area contributed by atoms with Crippen LogP contribution >= 0.6 is 0 Å². The molecular weight excluding hydrogens is 106 g/mol. The van der Waals surface area contributed by atoms with E-state index < -0.39 is 0 Å². The number of nitrogens with one attached hydrogen (secondary N) is 1. The first kappa shape index (κ1) is 7.43. The van der Waals surface area contributed by atoms with Crippen molar-refractivity contribution in [3.63, 3.8) is 0 Å². The molecule has 0 aromatic carbocycles. The Hall–Kier alpha value is -0.570. The van der Waals surface area contributed by atoms with Gasteiger partial charge in [-0.3, -0.25) is 4.79 Å². The number of rotatable bonds is 3. The lowest BCUT2D eigenvalue weighted by Gasteiger charge is -1.98. The fourth-order valence-corrected chi connectivity index (χ4v) is 0.225. The Morgan fingerprint density at radius 1 is 1.88 bits per heavy atom. The zero-order valence-corrected chi connectivity index (χ0v) is 4.94. The van der Waals surface area contributed by atoms with E-state index in [1.807, 2.05) is 0 Å². The van der Waals surface area contributed by atoms with Gasteiger partial charge in [-0.15, -0.1) is 0 Å². The maximum absolute atomic E-state index is 10.0. The molecule has 0 aliphatic rings. The highest BCUT2D eigenvalue weighted by molar-refractivity contribution is 5.65. The molecule has 0 atom stereocenters. The van der Waals surface area contributed by atoms with Crippen LogP contribution in [0.15, 0.2) is 0 Å². The first-order valence-corrected chi connectivity index (χ1v) is 2.47. The Balaban J connectivity index is 2.82. The molecule has 0 aliphatic carbocycles. The highest BCUT2D eigenvalue weighted by atomic mass is 16.7. The van der Waals surface area contributed by atoms with Crippen molar-refractivity contribution in [1.82, 2.24) is 5.48 Å². The van der Waals surface area contributed by atoms with Crippen LogP contribution in [0.3, 0.4) is 0 Å². The number of hydrogen-bond donors (Lipinski definition) is 1. The van der Waals surface area contributed by atoms with Gasteiger partial charge in [0.05, 0.1) is 0 Å². The minimum atomic E-state index is -0.321. The van der Waals surface area contributed by atoms with Crippen molar-refractivity contribution in [3.05, 3.63) is 6.92 Å². The van der Waals surface area contributed by atoms with E-state index in [1.165, 1.54) is 6.92 Å². The normalized spacial score (nSPS) is 8.75. The second kappa shape index (κ2) is 4.59. The topological polar surface area (TPSA) is 38.3 Å². The molecule has 1 N–H and O–H groups in total. The van der Waals surface area contributed by atoms with Gasteiger partial charge in [-0.05, 0) is 6.42 Å². The Morgan fingerprint density at radius 2 is 2.50 bits per heavy atom. The molecule has 0 amide bonds. The smallest absolute Gasteiger partial charge is 0.321 e. The van der Waals surface area contributed by atoms with Crippen molar-refractivity contribution < 1.29 is 9.63 Å². The van der Waals surface area contributed by atoms with E-state index in [1.54, 1.807) is 0 Å². The summed E-state index contributed by atoms with van der Waals surface area (Å²) in [5.74, 6) is -0.321. The largest absolute Gasteiger partial charge is 0.371 e. The van der Waals surface area contributed by atoms with Gasteiger partial charge in [0.25, 0.3) is 0 Å². The van der Waals surface area contributed by atoms with E-state index in [9.17, 15) is 4.79 Å². The molecule has 0 aromatic rings.